The van der Waals surface area contributed by atoms with Gasteiger partial charge in [0.1, 0.15) is 5.75 Å². The zero-order valence-corrected chi connectivity index (χ0v) is 15.2. The zero-order chi connectivity index (χ0) is 17.5. The summed E-state index contributed by atoms with van der Waals surface area (Å²) in [7, 11) is 1.65. The number of morpholine rings is 1. The van der Waals surface area contributed by atoms with E-state index in [1.54, 1.807) is 18.4 Å². The molecule has 0 spiro atoms. The van der Waals surface area contributed by atoms with Crippen LogP contribution in [-0.4, -0.2) is 44.3 Å². The van der Waals surface area contributed by atoms with Crippen molar-refractivity contribution in [3.8, 4) is 5.75 Å². The van der Waals surface area contributed by atoms with E-state index in [2.05, 4.69) is 15.2 Å². The van der Waals surface area contributed by atoms with Gasteiger partial charge in [0.05, 0.1) is 32.6 Å². The summed E-state index contributed by atoms with van der Waals surface area (Å²) in [5.41, 5.74) is 1.94. The molecule has 1 N–H and O–H groups in total. The van der Waals surface area contributed by atoms with Gasteiger partial charge < -0.3 is 19.7 Å². The first-order chi connectivity index (χ1) is 12.3. The maximum absolute atomic E-state index is 12.1. The minimum absolute atomic E-state index is 0.0202. The second-order valence-electron chi connectivity index (χ2n) is 5.81. The maximum Gasteiger partial charge on any atom is 0.220 e. The van der Waals surface area contributed by atoms with Crippen LogP contribution >= 0.6 is 11.3 Å². The van der Waals surface area contributed by atoms with Crippen molar-refractivity contribution < 1.29 is 14.3 Å². The van der Waals surface area contributed by atoms with E-state index in [1.807, 2.05) is 29.6 Å². The average Bonchev–Trinajstić information content (AvgIpc) is 3.14. The second-order valence-corrected chi connectivity index (χ2v) is 6.65. The number of carbonyl (C=O) groups is 1. The molecule has 1 saturated heterocycles. The van der Waals surface area contributed by atoms with Crippen LogP contribution in [0.2, 0.25) is 0 Å². The Morgan fingerprint density at radius 2 is 2.16 bits per heavy atom. The number of anilines is 1. The lowest BCUT2D eigenvalue weighted by Gasteiger charge is -2.26. The number of nitrogens with one attached hydrogen (secondary N) is 1. The van der Waals surface area contributed by atoms with Crippen LogP contribution in [-0.2, 0) is 22.5 Å². The number of thiazole rings is 1. The minimum atomic E-state index is 0.0202. The largest absolute Gasteiger partial charge is 0.496 e. The first-order valence-corrected chi connectivity index (χ1v) is 9.30. The van der Waals surface area contributed by atoms with Crippen LogP contribution in [0.3, 0.4) is 0 Å². The van der Waals surface area contributed by atoms with Gasteiger partial charge in [0.15, 0.2) is 5.13 Å². The fraction of sp³-hybridized carbons (Fsp3) is 0.444. The van der Waals surface area contributed by atoms with E-state index in [9.17, 15) is 4.79 Å². The number of hydrogen-bond donors (Lipinski definition) is 1. The number of nitrogens with zero attached hydrogens (tertiary/aromatic N) is 2. The van der Waals surface area contributed by atoms with Gasteiger partial charge in [0.25, 0.3) is 0 Å². The monoisotopic (exact) mass is 361 g/mol. The lowest BCUT2D eigenvalue weighted by molar-refractivity contribution is -0.121. The number of aromatic nitrogens is 1. The van der Waals surface area contributed by atoms with Crippen molar-refractivity contribution in [2.75, 3.05) is 38.3 Å². The predicted octanol–water partition coefficient (Wildman–Crippen LogP) is 2.24. The molecule has 7 heteroatoms. The van der Waals surface area contributed by atoms with Crippen molar-refractivity contribution in [2.24, 2.45) is 0 Å². The highest BCUT2D eigenvalue weighted by Crippen LogP contribution is 2.21. The summed E-state index contributed by atoms with van der Waals surface area (Å²) >= 11 is 1.61. The molecule has 3 rings (SSSR count). The van der Waals surface area contributed by atoms with E-state index in [0.717, 1.165) is 48.4 Å². The summed E-state index contributed by atoms with van der Waals surface area (Å²) in [6, 6.07) is 7.78. The Hall–Kier alpha value is -2.12. The molecular weight excluding hydrogens is 338 g/mol. The van der Waals surface area contributed by atoms with Crippen molar-refractivity contribution in [1.29, 1.82) is 0 Å². The molecule has 2 heterocycles. The van der Waals surface area contributed by atoms with Crippen LogP contribution < -0.4 is 15.0 Å². The van der Waals surface area contributed by atoms with Crippen LogP contribution in [0.4, 0.5) is 5.13 Å². The highest BCUT2D eigenvalue weighted by Gasteiger charge is 2.15. The summed E-state index contributed by atoms with van der Waals surface area (Å²) in [6.45, 7) is 3.70. The Morgan fingerprint density at radius 3 is 2.96 bits per heavy atom. The molecule has 0 radical (unpaired) electrons. The van der Waals surface area contributed by atoms with Crippen molar-refractivity contribution in [3.63, 3.8) is 0 Å². The third-order valence-corrected chi connectivity index (χ3v) is 5.05. The lowest BCUT2D eigenvalue weighted by atomic mass is 10.1. The molecular formula is C18H23N3O3S. The van der Waals surface area contributed by atoms with Gasteiger partial charge in [-0.25, -0.2) is 4.98 Å². The number of ether oxygens (including phenoxy) is 2. The van der Waals surface area contributed by atoms with E-state index in [0.29, 0.717) is 19.4 Å². The van der Waals surface area contributed by atoms with Gasteiger partial charge in [0.2, 0.25) is 5.91 Å². The molecule has 0 atom stereocenters. The van der Waals surface area contributed by atoms with Gasteiger partial charge in [-0.1, -0.05) is 18.2 Å². The van der Waals surface area contributed by atoms with Gasteiger partial charge in [0, 0.05) is 24.9 Å². The third-order valence-electron chi connectivity index (χ3n) is 4.10. The van der Waals surface area contributed by atoms with Crippen LogP contribution in [0.15, 0.2) is 29.6 Å². The molecule has 25 heavy (non-hydrogen) atoms. The van der Waals surface area contributed by atoms with Gasteiger partial charge in [-0.3, -0.25) is 4.79 Å². The second kappa shape index (κ2) is 8.82. The smallest absolute Gasteiger partial charge is 0.220 e. The first-order valence-electron chi connectivity index (χ1n) is 8.42. The van der Waals surface area contributed by atoms with E-state index >= 15 is 0 Å². The molecule has 134 valence electrons. The molecule has 1 amide bonds. The number of carbonyl (C=O) groups excluding carboxylic acids is 1. The summed E-state index contributed by atoms with van der Waals surface area (Å²) in [5.74, 6) is 0.844. The highest BCUT2D eigenvalue weighted by molar-refractivity contribution is 7.13. The summed E-state index contributed by atoms with van der Waals surface area (Å²) < 4.78 is 10.7. The molecule has 0 aliphatic carbocycles. The van der Waals surface area contributed by atoms with Gasteiger partial charge in [-0.2, -0.15) is 0 Å². The molecule has 1 aliphatic heterocycles. The number of para-hydroxylation sites is 1. The SMILES string of the molecule is COc1ccccc1CCC(=O)NCc1csc(N2CCOCC2)n1. The minimum Gasteiger partial charge on any atom is -0.496 e. The Balaban J connectivity index is 1.45. The van der Waals surface area contributed by atoms with E-state index < -0.39 is 0 Å². The predicted molar refractivity (Wildman–Crippen MR) is 98.3 cm³/mol. The number of rotatable bonds is 7. The Morgan fingerprint density at radius 1 is 1.36 bits per heavy atom. The number of benzene rings is 1. The molecule has 1 fully saturated rings. The molecule has 1 aromatic carbocycles. The van der Waals surface area contributed by atoms with Crippen molar-refractivity contribution >= 4 is 22.4 Å². The zero-order valence-electron chi connectivity index (χ0n) is 14.4. The van der Waals surface area contributed by atoms with E-state index in [1.165, 1.54) is 0 Å². The number of aryl methyl sites for hydroxylation is 1. The normalized spacial score (nSPS) is 14.4. The summed E-state index contributed by atoms with van der Waals surface area (Å²) in [6.07, 6.45) is 1.09. The number of hydrogen-bond acceptors (Lipinski definition) is 6. The van der Waals surface area contributed by atoms with Crippen molar-refractivity contribution in [1.82, 2.24) is 10.3 Å². The van der Waals surface area contributed by atoms with E-state index in [4.69, 9.17) is 9.47 Å². The van der Waals surface area contributed by atoms with Crippen molar-refractivity contribution in [3.05, 3.63) is 40.9 Å². The Bertz CT molecular complexity index is 698. The summed E-state index contributed by atoms with van der Waals surface area (Å²) in [4.78, 5) is 18.9. The topological polar surface area (TPSA) is 63.7 Å². The quantitative estimate of drug-likeness (QED) is 0.819. The third kappa shape index (κ3) is 4.93. The maximum atomic E-state index is 12.1. The number of methoxy groups -OCH3 is 1. The highest BCUT2D eigenvalue weighted by atomic mass is 32.1. The summed E-state index contributed by atoms with van der Waals surface area (Å²) in [5, 5.41) is 5.95. The molecule has 0 bridgehead atoms. The van der Waals surface area contributed by atoms with Crippen molar-refractivity contribution in [2.45, 2.75) is 19.4 Å². The molecule has 0 saturated carbocycles. The molecule has 1 aromatic heterocycles. The first kappa shape index (κ1) is 17.7. The van der Waals surface area contributed by atoms with E-state index in [-0.39, 0.29) is 5.91 Å². The lowest BCUT2D eigenvalue weighted by Crippen LogP contribution is -2.36. The fourth-order valence-corrected chi connectivity index (χ4v) is 3.59. The van der Waals surface area contributed by atoms with Crippen LogP contribution in [0, 0.1) is 0 Å². The Kier molecular flexibility index (Phi) is 6.25. The average molecular weight is 361 g/mol. The molecule has 0 unspecified atom stereocenters. The van der Waals surface area contributed by atoms with Crippen LogP contribution in [0.25, 0.3) is 0 Å². The van der Waals surface area contributed by atoms with Gasteiger partial charge >= 0.3 is 0 Å². The molecule has 2 aromatic rings. The van der Waals surface area contributed by atoms with Gasteiger partial charge in [-0.15, -0.1) is 11.3 Å². The fourth-order valence-electron chi connectivity index (χ4n) is 2.71. The number of amides is 1. The van der Waals surface area contributed by atoms with Crippen LogP contribution in [0.1, 0.15) is 17.7 Å². The standard InChI is InChI=1S/C18H23N3O3S/c1-23-16-5-3-2-4-14(16)6-7-17(22)19-12-15-13-25-18(20-15)21-8-10-24-11-9-21/h2-5,13H,6-12H2,1H3,(H,19,22). The Labute approximate surface area is 151 Å². The molecule has 6 nitrogen and oxygen atoms in total. The molecule has 1 aliphatic rings. The van der Waals surface area contributed by atoms with Crippen LogP contribution in [0.5, 0.6) is 5.75 Å². The van der Waals surface area contributed by atoms with Gasteiger partial charge in [-0.05, 0) is 18.1 Å².